The van der Waals surface area contributed by atoms with E-state index in [0.717, 1.165) is 44.6 Å². The zero-order chi connectivity index (χ0) is 14.4. The van der Waals surface area contributed by atoms with Crippen LogP contribution in [0, 0.1) is 0 Å². The van der Waals surface area contributed by atoms with E-state index < -0.39 is 0 Å². The fourth-order valence-electron chi connectivity index (χ4n) is 2.48. The second kappa shape index (κ2) is 7.40. The first-order valence-corrected chi connectivity index (χ1v) is 7.24. The van der Waals surface area contributed by atoms with E-state index >= 15 is 0 Å². The molecular formula is C14H24N4O2. The standard InChI is InChI=1S/C14H24N4O2/c1-15-6-3-4-7-18-14(19)9-12(10-16-18)17-8-5-13(11-17)20-2/h9-10,13,15H,3-8,11H2,1-2H3. The van der Waals surface area contributed by atoms with Crippen LogP contribution in [0.2, 0.25) is 0 Å². The van der Waals surface area contributed by atoms with Gasteiger partial charge in [-0.3, -0.25) is 4.79 Å². The van der Waals surface area contributed by atoms with Crippen molar-refractivity contribution in [1.29, 1.82) is 0 Å². The Labute approximate surface area is 119 Å². The van der Waals surface area contributed by atoms with Gasteiger partial charge in [0.25, 0.3) is 5.56 Å². The zero-order valence-electron chi connectivity index (χ0n) is 12.3. The molecule has 0 bridgehead atoms. The summed E-state index contributed by atoms with van der Waals surface area (Å²) in [6.45, 7) is 3.41. The van der Waals surface area contributed by atoms with Crippen LogP contribution in [0.5, 0.6) is 0 Å². The van der Waals surface area contributed by atoms with Crippen LogP contribution in [0.15, 0.2) is 17.1 Å². The van der Waals surface area contributed by atoms with E-state index in [0.29, 0.717) is 6.54 Å². The topological polar surface area (TPSA) is 59.4 Å². The molecule has 0 spiro atoms. The van der Waals surface area contributed by atoms with E-state index in [9.17, 15) is 4.79 Å². The molecule has 112 valence electrons. The molecule has 1 aliphatic rings. The average molecular weight is 280 g/mol. The summed E-state index contributed by atoms with van der Waals surface area (Å²) in [6.07, 6.45) is 5.07. The molecule has 2 rings (SSSR count). The lowest BCUT2D eigenvalue weighted by Gasteiger charge is -2.18. The molecule has 6 heteroatoms. The number of hydrogen-bond donors (Lipinski definition) is 1. The normalized spacial score (nSPS) is 18.7. The molecule has 1 aliphatic heterocycles. The number of unbranched alkanes of at least 4 members (excludes halogenated alkanes) is 1. The van der Waals surface area contributed by atoms with Crippen molar-refractivity contribution in [3.8, 4) is 0 Å². The van der Waals surface area contributed by atoms with Crippen molar-refractivity contribution in [3.05, 3.63) is 22.6 Å². The van der Waals surface area contributed by atoms with Gasteiger partial charge in [-0.05, 0) is 32.9 Å². The van der Waals surface area contributed by atoms with E-state index in [1.165, 1.54) is 0 Å². The predicted molar refractivity (Wildman–Crippen MR) is 79.3 cm³/mol. The molecule has 1 aromatic rings. The van der Waals surface area contributed by atoms with Gasteiger partial charge in [0.15, 0.2) is 0 Å². The van der Waals surface area contributed by atoms with Crippen LogP contribution in [-0.4, -0.2) is 49.7 Å². The molecule has 6 nitrogen and oxygen atoms in total. The first kappa shape index (κ1) is 15.0. The first-order valence-electron chi connectivity index (χ1n) is 7.24. The summed E-state index contributed by atoms with van der Waals surface area (Å²) in [4.78, 5) is 14.2. The monoisotopic (exact) mass is 280 g/mol. The molecule has 1 atom stereocenters. The van der Waals surface area contributed by atoms with Crippen molar-refractivity contribution in [2.24, 2.45) is 0 Å². The molecule has 1 fully saturated rings. The van der Waals surface area contributed by atoms with Gasteiger partial charge < -0.3 is 15.0 Å². The Morgan fingerprint density at radius 3 is 3.00 bits per heavy atom. The summed E-state index contributed by atoms with van der Waals surface area (Å²) in [7, 11) is 3.66. The number of aryl methyl sites for hydroxylation is 1. The summed E-state index contributed by atoms with van der Waals surface area (Å²) >= 11 is 0. The van der Waals surface area contributed by atoms with Gasteiger partial charge in [0.2, 0.25) is 0 Å². The van der Waals surface area contributed by atoms with Crippen molar-refractivity contribution in [3.63, 3.8) is 0 Å². The molecule has 0 aliphatic carbocycles. The Morgan fingerprint density at radius 2 is 2.35 bits per heavy atom. The van der Waals surface area contributed by atoms with Crippen LogP contribution < -0.4 is 15.8 Å². The fraction of sp³-hybridized carbons (Fsp3) is 0.714. The van der Waals surface area contributed by atoms with E-state index in [-0.39, 0.29) is 11.7 Å². The number of aromatic nitrogens is 2. The van der Waals surface area contributed by atoms with Crippen LogP contribution in [0.4, 0.5) is 5.69 Å². The number of rotatable bonds is 7. The molecule has 0 amide bonds. The van der Waals surface area contributed by atoms with Crippen molar-refractivity contribution in [1.82, 2.24) is 15.1 Å². The van der Waals surface area contributed by atoms with Crippen LogP contribution in [0.25, 0.3) is 0 Å². The van der Waals surface area contributed by atoms with E-state index in [4.69, 9.17) is 4.74 Å². The van der Waals surface area contributed by atoms with Crippen molar-refractivity contribution in [2.75, 3.05) is 38.7 Å². The summed E-state index contributed by atoms with van der Waals surface area (Å²) < 4.78 is 6.89. The molecule has 0 radical (unpaired) electrons. The fourth-order valence-corrected chi connectivity index (χ4v) is 2.48. The number of hydrogen-bond acceptors (Lipinski definition) is 5. The van der Waals surface area contributed by atoms with Gasteiger partial charge in [0.05, 0.1) is 18.0 Å². The lowest BCUT2D eigenvalue weighted by Crippen LogP contribution is -2.27. The Balaban J connectivity index is 1.94. The maximum absolute atomic E-state index is 12.0. The number of nitrogens with one attached hydrogen (secondary N) is 1. The maximum atomic E-state index is 12.0. The van der Waals surface area contributed by atoms with E-state index in [2.05, 4.69) is 15.3 Å². The smallest absolute Gasteiger partial charge is 0.268 e. The van der Waals surface area contributed by atoms with Gasteiger partial charge in [0.1, 0.15) is 0 Å². The minimum atomic E-state index is -0.0205. The largest absolute Gasteiger partial charge is 0.380 e. The molecule has 0 aromatic carbocycles. The number of nitrogens with zero attached hydrogens (tertiary/aromatic N) is 3. The quantitative estimate of drug-likeness (QED) is 0.736. The third-order valence-corrected chi connectivity index (χ3v) is 3.75. The summed E-state index contributed by atoms with van der Waals surface area (Å²) in [6, 6.07) is 1.68. The lowest BCUT2D eigenvalue weighted by atomic mass is 10.3. The van der Waals surface area contributed by atoms with Crippen LogP contribution in [-0.2, 0) is 11.3 Å². The highest BCUT2D eigenvalue weighted by molar-refractivity contribution is 5.44. The number of ether oxygens (including phenoxy) is 1. The minimum Gasteiger partial charge on any atom is -0.380 e. The Bertz CT molecular complexity index is 474. The van der Waals surface area contributed by atoms with Gasteiger partial charge in [-0.2, -0.15) is 5.10 Å². The average Bonchev–Trinajstić information content (AvgIpc) is 2.94. The molecule has 2 heterocycles. The Hall–Kier alpha value is -1.40. The highest BCUT2D eigenvalue weighted by atomic mass is 16.5. The highest BCUT2D eigenvalue weighted by Crippen LogP contribution is 2.19. The molecule has 1 aromatic heterocycles. The molecule has 0 saturated carbocycles. The van der Waals surface area contributed by atoms with E-state index in [1.807, 2.05) is 7.05 Å². The predicted octanol–water partition coefficient (Wildman–Crippen LogP) is 0.468. The summed E-state index contributed by atoms with van der Waals surface area (Å²) in [5.74, 6) is 0. The Morgan fingerprint density at radius 1 is 1.50 bits per heavy atom. The van der Waals surface area contributed by atoms with Gasteiger partial charge in [-0.25, -0.2) is 4.68 Å². The van der Waals surface area contributed by atoms with Gasteiger partial charge in [-0.1, -0.05) is 0 Å². The SMILES string of the molecule is CNCCCCn1ncc(N2CCC(OC)C2)cc1=O. The minimum absolute atomic E-state index is 0.0205. The molecular weight excluding hydrogens is 256 g/mol. The maximum Gasteiger partial charge on any atom is 0.268 e. The lowest BCUT2D eigenvalue weighted by molar-refractivity contribution is 0.121. The summed E-state index contributed by atoms with van der Waals surface area (Å²) in [5, 5.41) is 7.37. The van der Waals surface area contributed by atoms with Gasteiger partial charge in [0, 0.05) is 32.8 Å². The van der Waals surface area contributed by atoms with Crippen molar-refractivity contribution < 1.29 is 4.74 Å². The Kier molecular flexibility index (Phi) is 5.55. The zero-order valence-corrected chi connectivity index (χ0v) is 12.3. The van der Waals surface area contributed by atoms with E-state index in [1.54, 1.807) is 24.1 Å². The second-order valence-electron chi connectivity index (χ2n) is 5.18. The van der Waals surface area contributed by atoms with Crippen LogP contribution in [0.1, 0.15) is 19.3 Å². The van der Waals surface area contributed by atoms with Crippen LogP contribution >= 0.6 is 0 Å². The molecule has 1 N–H and O–H groups in total. The molecule has 1 unspecified atom stereocenters. The number of methoxy groups -OCH3 is 1. The van der Waals surface area contributed by atoms with Crippen molar-refractivity contribution in [2.45, 2.75) is 31.9 Å². The van der Waals surface area contributed by atoms with Gasteiger partial charge in [-0.15, -0.1) is 0 Å². The second-order valence-corrected chi connectivity index (χ2v) is 5.18. The highest BCUT2D eigenvalue weighted by Gasteiger charge is 2.22. The third-order valence-electron chi connectivity index (χ3n) is 3.75. The van der Waals surface area contributed by atoms with Crippen molar-refractivity contribution >= 4 is 5.69 Å². The van der Waals surface area contributed by atoms with Gasteiger partial charge >= 0.3 is 0 Å². The third kappa shape index (κ3) is 3.80. The molecule has 20 heavy (non-hydrogen) atoms. The summed E-state index contributed by atoms with van der Waals surface area (Å²) in [5.41, 5.74) is 0.883. The van der Waals surface area contributed by atoms with Crippen LogP contribution in [0.3, 0.4) is 0 Å². The number of anilines is 1. The molecule has 1 saturated heterocycles. The first-order chi connectivity index (χ1) is 9.74.